The number of carbonyl (C=O) groups is 1. The van der Waals surface area contributed by atoms with Crippen LogP contribution in [0.3, 0.4) is 0 Å². The summed E-state index contributed by atoms with van der Waals surface area (Å²) in [5.41, 5.74) is 0. The molecule has 0 bridgehead atoms. The molecule has 1 saturated heterocycles. The first-order valence-electron chi connectivity index (χ1n) is 3.73. The molecular weight excluding hydrogens is 158 g/mol. The Hall–Kier alpha value is -0.610. The van der Waals surface area contributed by atoms with E-state index >= 15 is 0 Å². The molecule has 0 aromatic rings. The summed E-state index contributed by atoms with van der Waals surface area (Å²) < 4.78 is 0. The number of carbonyl (C=O) groups excluding carboxylic acids is 1. The highest BCUT2D eigenvalue weighted by Crippen LogP contribution is 2.10. The van der Waals surface area contributed by atoms with E-state index in [1.165, 1.54) is 11.8 Å². The molecule has 0 aromatic heterocycles. The highest BCUT2D eigenvalue weighted by Gasteiger charge is 2.26. The Morgan fingerprint density at radius 2 is 2.00 bits per heavy atom. The summed E-state index contributed by atoms with van der Waals surface area (Å²) in [7, 11) is 0. The van der Waals surface area contributed by atoms with Gasteiger partial charge in [0.1, 0.15) is 0 Å². The highest BCUT2D eigenvalue weighted by molar-refractivity contribution is 5.73. The average Bonchev–Trinajstić information content (AvgIpc) is 1.94. The van der Waals surface area contributed by atoms with Crippen LogP contribution in [0, 0.1) is 0 Å². The molecule has 4 heteroatoms. The first-order chi connectivity index (χ1) is 5.11. The number of piperidine rings is 1. The highest BCUT2D eigenvalue weighted by atomic mass is 16.3. The Labute approximate surface area is 72.8 Å². The molecule has 1 rings (SSSR count). The maximum atomic E-state index is 10.8. The van der Waals surface area contributed by atoms with E-state index in [1.54, 1.807) is 0 Å². The fourth-order valence-corrected chi connectivity index (χ4v) is 1.21. The summed E-state index contributed by atoms with van der Waals surface area (Å²) >= 11 is 0. The molecular formula is C8H17NO3. The van der Waals surface area contributed by atoms with Crippen LogP contribution in [0.2, 0.25) is 0 Å². The van der Waals surface area contributed by atoms with Crippen LogP contribution in [0.4, 0.5) is 0 Å². The molecule has 1 aliphatic heterocycles. The van der Waals surface area contributed by atoms with Crippen molar-refractivity contribution >= 4 is 5.91 Å². The number of hydrogen-bond donors (Lipinski definition) is 2. The molecule has 2 unspecified atom stereocenters. The normalized spacial score (nSPS) is 29.4. The van der Waals surface area contributed by atoms with Gasteiger partial charge in [0.15, 0.2) is 0 Å². The van der Waals surface area contributed by atoms with E-state index < -0.39 is 12.2 Å². The van der Waals surface area contributed by atoms with E-state index in [4.69, 9.17) is 10.2 Å². The third-order valence-electron chi connectivity index (χ3n) is 1.99. The molecule has 72 valence electrons. The smallest absolute Gasteiger partial charge is 0.219 e. The number of aliphatic hydroxyl groups excluding tert-OH is 2. The number of β-amino-alcohol motifs (C(OH)–C–C–N with tert-alkyl or cyclic N) is 1. The predicted octanol–water partition coefficient (Wildman–Crippen LogP) is -0.404. The third kappa shape index (κ3) is 2.46. The van der Waals surface area contributed by atoms with Crippen LogP contribution in [0.5, 0.6) is 0 Å². The lowest BCUT2D eigenvalue weighted by Gasteiger charge is -2.32. The van der Waals surface area contributed by atoms with Gasteiger partial charge >= 0.3 is 0 Å². The Morgan fingerprint density at radius 3 is 2.42 bits per heavy atom. The van der Waals surface area contributed by atoms with Crippen LogP contribution in [-0.4, -0.2) is 46.3 Å². The van der Waals surface area contributed by atoms with Crippen molar-refractivity contribution in [1.82, 2.24) is 4.90 Å². The number of nitrogens with zero attached hydrogens (tertiary/aromatic N) is 1. The number of likely N-dealkylation sites (tertiary alicyclic amines) is 1. The van der Waals surface area contributed by atoms with E-state index in [9.17, 15) is 4.79 Å². The molecule has 0 saturated carbocycles. The monoisotopic (exact) mass is 175 g/mol. The summed E-state index contributed by atoms with van der Waals surface area (Å²) in [6.07, 6.45) is -0.959. The largest absolute Gasteiger partial charge is 0.390 e. The van der Waals surface area contributed by atoms with Gasteiger partial charge in [-0.25, -0.2) is 0 Å². The zero-order valence-electron chi connectivity index (χ0n) is 6.53. The van der Waals surface area contributed by atoms with E-state index in [0.29, 0.717) is 13.0 Å². The number of aliphatic hydroxyl groups is 2. The molecule has 12 heavy (non-hydrogen) atoms. The standard InChI is InChI=1S/C7H13NO3.CH4/c1-5(9)8-3-2-6(10)7(11)4-8;/h6-7,10-11H,2-4H2,1H3;1H4. The fraction of sp³-hybridized carbons (Fsp3) is 0.875. The maximum Gasteiger partial charge on any atom is 0.219 e. The molecule has 0 aliphatic carbocycles. The summed E-state index contributed by atoms with van der Waals surface area (Å²) in [5, 5.41) is 18.2. The van der Waals surface area contributed by atoms with Crippen molar-refractivity contribution in [3.8, 4) is 0 Å². The van der Waals surface area contributed by atoms with Crippen LogP contribution >= 0.6 is 0 Å². The van der Waals surface area contributed by atoms with Gasteiger partial charge in [0.25, 0.3) is 0 Å². The molecule has 2 atom stereocenters. The SMILES string of the molecule is C.CC(=O)N1CCC(O)C(O)C1. The molecule has 0 spiro atoms. The topological polar surface area (TPSA) is 60.8 Å². The van der Waals surface area contributed by atoms with Gasteiger partial charge in [0.2, 0.25) is 5.91 Å². The van der Waals surface area contributed by atoms with E-state index in [2.05, 4.69) is 0 Å². The summed E-state index contributed by atoms with van der Waals surface area (Å²) in [6, 6.07) is 0. The maximum absolute atomic E-state index is 10.8. The fourth-order valence-electron chi connectivity index (χ4n) is 1.21. The Bertz CT molecular complexity index is 160. The third-order valence-corrected chi connectivity index (χ3v) is 1.99. The Kier molecular flexibility index (Phi) is 4.20. The second-order valence-corrected chi connectivity index (χ2v) is 2.89. The summed E-state index contributed by atoms with van der Waals surface area (Å²) in [5.74, 6) is -0.0454. The molecule has 1 heterocycles. The molecule has 0 aromatic carbocycles. The average molecular weight is 175 g/mol. The molecule has 0 radical (unpaired) electrons. The van der Waals surface area contributed by atoms with Crippen LogP contribution < -0.4 is 0 Å². The molecule has 2 N–H and O–H groups in total. The lowest BCUT2D eigenvalue weighted by atomic mass is 10.1. The minimum absolute atomic E-state index is 0. The van der Waals surface area contributed by atoms with Crippen LogP contribution in [0.1, 0.15) is 20.8 Å². The van der Waals surface area contributed by atoms with Gasteiger partial charge in [-0.2, -0.15) is 0 Å². The summed E-state index contributed by atoms with van der Waals surface area (Å²) in [4.78, 5) is 12.3. The molecule has 1 aliphatic rings. The molecule has 1 fully saturated rings. The van der Waals surface area contributed by atoms with Crippen molar-refractivity contribution in [2.24, 2.45) is 0 Å². The minimum atomic E-state index is -0.771. The van der Waals surface area contributed by atoms with Crippen LogP contribution in [-0.2, 0) is 4.79 Å². The van der Waals surface area contributed by atoms with Crippen molar-refractivity contribution in [1.29, 1.82) is 0 Å². The van der Waals surface area contributed by atoms with Crippen molar-refractivity contribution in [3.05, 3.63) is 0 Å². The summed E-state index contributed by atoms with van der Waals surface area (Å²) in [6.45, 7) is 2.27. The van der Waals surface area contributed by atoms with Gasteiger partial charge in [0.05, 0.1) is 12.2 Å². The van der Waals surface area contributed by atoms with Crippen LogP contribution in [0.25, 0.3) is 0 Å². The van der Waals surface area contributed by atoms with Crippen LogP contribution in [0.15, 0.2) is 0 Å². The van der Waals surface area contributed by atoms with E-state index in [0.717, 1.165) is 0 Å². The lowest BCUT2D eigenvalue weighted by molar-refractivity contribution is -0.135. The number of amides is 1. The predicted molar refractivity (Wildman–Crippen MR) is 45.6 cm³/mol. The second-order valence-electron chi connectivity index (χ2n) is 2.89. The number of rotatable bonds is 0. The van der Waals surface area contributed by atoms with Gasteiger partial charge in [-0.3, -0.25) is 4.79 Å². The minimum Gasteiger partial charge on any atom is -0.390 e. The first-order valence-corrected chi connectivity index (χ1v) is 3.73. The second kappa shape index (κ2) is 4.42. The van der Waals surface area contributed by atoms with Gasteiger partial charge in [0, 0.05) is 20.0 Å². The molecule has 4 nitrogen and oxygen atoms in total. The quantitative estimate of drug-likeness (QED) is 0.526. The molecule has 1 amide bonds. The van der Waals surface area contributed by atoms with Gasteiger partial charge in [-0.05, 0) is 6.42 Å². The van der Waals surface area contributed by atoms with Gasteiger partial charge in [-0.15, -0.1) is 0 Å². The van der Waals surface area contributed by atoms with Crippen molar-refractivity contribution in [2.45, 2.75) is 33.0 Å². The van der Waals surface area contributed by atoms with E-state index in [-0.39, 0.29) is 19.9 Å². The van der Waals surface area contributed by atoms with E-state index in [1.807, 2.05) is 0 Å². The van der Waals surface area contributed by atoms with Gasteiger partial charge < -0.3 is 15.1 Å². The Balaban J connectivity index is 0.00000121. The zero-order valence-corrected chi connectivity index (χ0v) is 6.53. The van der Waals surface area contributed by atoms with Crippen molar-refractivity contribution in [3.63, 3.8) is 0 Å². The number of hydrogen-bond acceptors (Lipinski definition) is 3. The lowest BCUT2D eigenvalue weighted by Crippen LogP contribution is -2.48. The first kappa shape index (κ1) is 11.4. The van der Waals surface area contributed by atoms with Crippen molar-refractivity contribution in [2.75, 3.05) is 13.1 Å². The Morgan fingerprint density at radius 1 is 1.42 bits per heavy atom. The zero-order chi connectivity index (χ0) is 8.43. The van der Waals surface area contributed by atoms with Gasteiger partial charge in [-0.1, -0.05) is 7.43 Å². The van der Waals surface area contributed by atoms with Crippen molar-refractivity contribution < 1.29 is 15.0 Å².